The van der Waals surface area contributed by atoms with Gasteiger partial charge in [0.2, 0.25) is 5.91 Å². The summed E-state index contributed by atoms with van der Waals surface area (Å²) in [5, 5.41) is 11.9. The van der Waals surface area contributed by atoms with Gasteiger partial charge < -0.3 is 15.2 Å². The molecule has 132 valence electrons. The quantitative estimate of drug-likeness (QED) is 0.754. The number of carbonyl (C=O) groups is 2. The molecule has 0 aromatic carbocycles. The number of carbonyl (C=O) groups excluding carboxylic acids is 1. The monoisotopic (exact) mass is 325 g/mol. The summed E-state index contributed by atoms with van der Waals surface area (Å²) in [5.41, 5.74) is 0. The summed E-state index contributed by atoms with van der Waals surface area (Å²) in [4.78, 5) is 23.0. The lowest BCUT2D eigenvalue weighted by atomic mass is 9.82. The second-order valence-electron chi connectivity index (χ2n) is 7.23. The summed E-state index contributed by atoms with van der Waals surface area (Å²) in [6.07, 6.45) is 10.6. The molecule has 5 nitrogen and oxygen atoms in total. The number of hydrogen-bond donors (Lipinski definition) is 2. The minimum absolute atomic E-state index is 0.113. The first kappa shape index (κ1) is 18.2. The molecule has 0 radical (unpaired) electrons. The highest BCUT2D eigenvalue weighted by Crippen LogP contribution is 2.30. The Morgan fingerprint density at radius 3 is 2.52 bits per heavy atom. The third-order valence-corrected chi connectivity index (χ3v) is 5.53. The minimum atomic E-state index is -0.701. The van der Waals surface area contributed by atoms with Gasteiger partial charge in [-0.3, -0.25) is 9.59 Å². The summed E-state index contributed by atoms with van der Waals surface area (Å²) in [6, 6.07) is 0.307. The molecular formula is C18H31NO4. The van der Waals surface area contributed by atoms with Crippen molar-refractivity contribution < 1.29 is 19.4 Å². The molecule has 2 aliphatic carbocycles. The van der Waals surface area contributed by atoms with Gasteiger partial charge in [-0.1, -0.05) is 6.42 Å². The van der Waals surface area contributed by atoms with Gasteiger partial charge >= 0.3 is 5.97 Å². The number of rotatable bonds is 7. The van der Waals surface area contributed by atoms with Crippen LogP contribution in [0, 0.1) is 11.8 Å². The van der Waals surface area contributed by atoms with Crippen molar-refractivity contribution in [2.75, 3.05) is 7.11 Å². The standard InChI is InChI=1S/C18H31NO4/c1-23-16-6-3-5-14(12-16)18(22)19-15-10-8-13(9-11-15)4-2-7-17(20)21/h13-16H,2-12H2,1H3,(H,19,22)(H,20,21). The van der Waals surface area contributed by atoms with Crippen LogP contribution in [0.2, 0.25) is 0 Å². The molecule has 0 aromatic rings. The molecule has 0 spiro atoms. The van der Waals surface area contributed by atoms with Gasteiger partial charge in [0, 0.05) is 25.5 Å². The number of amides is 1. The first-order chi connectivity index (χ1) is 11.1. The van der Waals surface area contributed by atoms with E-state index >= 15 is 0 Å². The van der Waals surface area contributed by atoms with Gasteiger partial charge in [-0.25, -0.2) is 0 Å². The lowest BCUT2D eigenvalue weighted by molar-refractivity contribution is -0.137. The van der Waals surface area contributed by atoms with Gasteiger partial charge in [-0.2, -0.15) is 0 Å². The summed E-state index contributed by atoms with van der Waals surface area (Å²) >= 11 is 0. The van der Waals surface area contributed by atoms with Crippen molar-refractivity contribution in [1.29, 1.82) is 0 Å². The second-order valence-corrected chi connectivity index (χ2v) is 7.23. The van der Waals surface area contributed by atoms with Crippen molar-refractivity contribution in [2.45, 2.75) is 82.8 Å². The summed E-state index contributed by atoms with van der Waals surface area (Å²) in [5.74, 6) is 0.255. The molecule has 0 heterocycles. The van der Waals surface area contributed by atoms with Gasteiger partial charge in [-0.05, 0) is 63.7 Å². The smallest absolute Gasteiger partial charge is 0.303 e. The Morgan fingerprint density at radius 1 is 1.13 bits per heavy atom. The molecule has 5 heteroatoms. The van der Waals surface area contributed by atoms with Crippen molar-refractivity contribution in [3.8, 4) is 0 Å². The van der Waals surface area contributed by atoms with Crippen molar-refractivity contribution >= 4 is 11.9 Å². The first-order valence-corrected chi connectivity index (χ1v) is 9.13. The van der Waals surface area contributed by atoms with Crippen LogP contribution in [0.25, 0.3) is 0 Å². The second kappa shape index (κ2) is 9.26. The predicted molar refractivity (Wildman–Crippen MR) is 88.1 cm³/mol. The molecule has 2 saturated carbocycles. The van der Waals surface area contributed by atoms with Crippen LogP contribution in [0.5, 0.6) is 0 Å². The summed E-state index contributed by atoms with van der Waals surface area (Å²) in [7, 11) is 1.73. The molecule has 2 rings (SSSR count). The van der Waals surface area contributed by atoms with Crippen LogP contribution in [0.4, 0.5) is 0 Å². The Labute approximate surface area is 139 Å². The maximum absolute atomic E-state index is 12.4. The lowest BCUT2D eigenvalue weighted by Crippen LogP contribution is -2.42. The molecule has 2 atom stereocenters. The molecule has 2 N–H and O–H groups in total. The van der Waals surface area contributed by atoms with Crippen molar-refractivity contribution in [3.63, 3.8) is 0 Å². The predicted octanol–water partition coefficient (Wildman–Crippen LogP) is 3.12. The van der Waals surface area contributed by atoms with Gasteiger partial charge in [0.15, 0.2) is 0 Å². The van der Waals surface area contributed by atoms with Crippen LogP contribution in [0.15, 0.2) is 0 Å². The molecule has 0 aromatic heterocycles. The van der Waals surface area contributed by atoms with E-state index in [-0.39, 0.29) is 24.3 Å². The highest BCUT2D eigenvalue weighted by Gasteiger charge is 2.29. The molecule has 0 aliphatic heterocycles. The lowest BCUT2D eigenvalue weighted by Gasteiger charge is -2.32. The summed E-state index contributed by atoms with van der Waals surface area (Å²) < 4.78 is 5.41. The van der Waals surface area contributed by atoms with Crippen LogP contribution in [0.1, 0.15) is 70.6 Å². The van der Waals surface area contributed by atoms with Gasteiger partial charge in [0.25, 0.3) is 0 Å². The van der Waals surface area contributed by atoms with Crippen LogP contribution in [-0.4, -0.2) is 36.2 Å². The largest absolute Gasteiger partial charge is 0.481 e. The molecule has 0 saturated heterocycles. The fourth-order valence-corrected chi connectivity index (χ4v) is 4.05. The zero-order chi connectivity index (χ0) is 16.7. The van der Waals surface area contributed by atoms with Gasteiger partial charge in [0.1, 0.15) is 0 Å². The van der Waals surface area contributed by atoms with Crippen LogP contribution in [0.3, 0.4) is 0 Å². The Balaban J connectivity index is 1.65. The SMILES string of the molecule is COC1CCCC(C(=O)NC2CCC(CCCC(=O)O)CC2)C1. The van der Waals surface area contributed by atoms with E-state index in [2.05, 4.69) is 5.32 Å². The average molecular weight is 325 g/mol. The number of carboxylic acids is 1. The Hall–Kier alpha value is -1.10. The third kappa shape index (κ3) is 6.13. The van der Waals surface area contributed by atoms with Crippen molar-refractivity contribution in [3.05, 3.63) is 0 Å². The van der Waals surface area contributed by atoms with Crippen molar-refractivity contribution in [1.82, 2.24) is 5.32 Å². The minimum Gasteiger partial charge on any atom is -0.481 e. The number of methoxy groups -OCH3 is 1. The molecular weight excluding hydrogens is 294 g/mol. The number of hydrogen-bond acceptors (Lipinski definition) is 3. The maximum Gasteiger partial charge on any atom is 0.303 e. The maximum atomic E-state index is 12.4. The zero-order valence-electron chi connectivity index (χ0n) is 14.3. The Morgan fingerprint density at radius 2 is 1.87 bits per heavy atom. The van der Waals surface area contributed by atoms with E-state index in [1.165, 1.54) is 0 Å². The van der Waals surface area contributed by atoms with Crippen LogP contribution < -0.4 is 5.32 Å². The van der Waals surface area contributed by atoms with E-state index in [9.17, 15) is 9.59 Å². The van der Waals surface area contributed by atoms with Crippen LogP contribution >= 0.6 is 0 Å². The highest BCUT2D eigenvalue weighted by molar-refractivity contribution is 5.79. The van der Waals surface area contributed by atoms with Crippen molar-refractivity contribution in [2.24, 2.45) is 11.8 Å². The molecule has 2 aliphatic rings. The number of carboxylic acid groups (broad SMARTS) is 1. The molecule has 2 fully saturated rings. The van der Waals surface area contributed by atoms with Crippen LogP contribution in [-0.2, 0) is 14.3 Å². The number of aliphatic carboxylic acids is 1. The van der Waals surface area contributed by atoms with Gasteiger partial charge in [-0.15, -0.1) is 0 Å². The van der Waals surface area contributed by atoms with E-state index in [4.69, 9.17) is 9.84 Å². The first-order valence-electron chi connectivity index (χ1n) is 9.13. The Bertz CT molecular complexity index is 390. The summed E-state index contributed by atoms with van der Waals surface area (Å²) in [6.45, 7) is 0. The third-order valence-electron chi connectivity index (χ3n) is 5.53. The molecule has 2 unspecified atom stereocenters. The molecule has 23 heavy (non-hydrogen) atoms. The van der Waals surface area contributed by atoms with E-state index in [0.717, 1.165) is 64.2 Å². The van der Waals surface area contributed by atoms with E-state index in [1.807, 2.05) is 0 Å². The number of ether oxygens (including phenoxy) is 1. The Kier molecular flexibility index (Phi) is 7.34. The topological polar surface area (TPSA) is 75.6 Å². The highest BCUT2D eigenvalue weighted by atomic mass is 16.5. The normalized spacial score (nSPS) is 31.5. The van der Waals surface area contributed by atoms with E-state index < -0.39 is 5.97 Å². The van der Waals surface area contributed by atoms with Gasteiger partial charge in [0.05, 0.1) is 6.10 Å². The molecule has 0 bridgehead atoms. The fraction of sp³-hybridized carbons (Fsp3) is 0.889. The molecule has 1 amide bonds. The average Bonchev–Trinajstić information content (AvgIpc) is 2.56. The van der Waals surface area contributed by atoms with E-state index in [1.54, 1.807) is 7.11 Å². The zero-order valence-corrected chi connectivity index (χ0v) is 14.3. The fourth-order valence-electron chi connectivity index (χ4n) is 4.05. The van der Waals surface area contributed by atoms with E-state index in [0.29, 0.717) is 12.0 Å². The number of nitrogens with one attached hydrogen (secondary N) is 1.